The first-order chi connectivity index (χ1) is 7.50. The molecule has 0 unspecified atom stereocenters. The molecule has 0 atom stereocenters. The highest BCUT2D eigenvalue weighted by molar-refractivity contribution is 5.82. The van der Waals surface area contributed by atoms with Crippen molar-refractivity contribution in [1.29, 1.82) is 0 Å². The van der Waals surface area contributed by atoms with Crippen LogP contribution in [0.15, 0.2) is 23.3 Å². The van der Waals surface area contributed by atoms with E-state index in [4.69, 9.17) is 5.73 Å². The molecule has 16 heavy (non-hydrogen) atoms. The molecule has 0 aliphatic carbocycles. The number of nitro benzene ring substituents is 1. The first-order valence-corrected chi connectivity index (χ1v) is 4.03. The zero-order chi connectivity index (χ0) is 12.1. The lowest BCUT2D eigenvalue weighted by molar-refractivity contribution is -0.384. The van der Waals surface area contributed by atoms with Gasteiger partial charge >= 0.3 is 6.03 Å². The van der Waals surface area contributed by atoms with Gasteiger partial charge in [0.25, 0.3) is 5.69 Å². The summed E-state index contributed by atoms with van der Waals surface area (Å²) >= 11 is 0. The number of rotatable bonds is 3. The zero-order valence-corrected chi connectivity index (χ0v) is 7.88. The predicted octanol–water partition coefficient (Wildman–Crippen LogP) is 0.736. The normalized spacial score (nSPS) is 10.3. The number of primary amides is 1. The van der Waals surface area contributed by atoms with Crippen molar-refractivity contribution < 1.29 is 14.1 Å². The lowest BCUT2D eigenvalue weighted by Gasteiger charge is -1.96. The number of benzene rings is 1. The number of hydrogen-bond acceptors (Lipinski definition) is 4. The number of carbonyl (C=O) groups is 1. The molecule has 0 saturated heterocycles. The molecule has 0 radical (unpaired) electrons. The molecule has 0 fully saturated rings. The van der Waals surface area contributed by atoms with Gasteiger partial charge in [0, 0.05) is 17.7 Å². The predicted molar refractivity (Wildman–Crippen MR) is 53.4 cm³/mol. The van der Waals surface area contributed by atoms with Crippen LogP contribution < -0.4 is 11.2 Å². The van der Waals surface area contributed by atoms with Gasteiger partial charge in [-0.15, -0.1) is 0 Å². The molecule has 0 spiro atoms. The topological polar surface area (TPSA) is 111 Å². The summed E-state index contributed by atoms with van der Waals surface area (Å²) in [5.41, 5.74) is 6.15. The average molecular weight is 226 g/mol. The number of nitrogens with zero attached hydrogens (tertiary/aromatic N) is 2. The maximum absolute atomic E-state index is 13.1. The number of hydrogen-bond donors (Lipinski definition) is 2. The van der Waals surface area contributed by atoms with E-state index >= 15 is 0 Å². The van der Waals surface area contributed by atoms with Gasteiger partial charge in [-0.2, -0.15) is 5.10 Å². The Kier molecular flexibility index (Phi) is 3.49. The van der Waals surface area contributed by atoms with Gasteiger partial charge in [0.15, 0.2) is 0 Å². The van der Waals surface area contributed by atoms with Crippen LogP contribution in [-0.2, 0) is 0 Å². The van der Waals surface area contributed by atoms with Crippen LogP contribution >= 0.6 is 0 Å². The smallest absolute Gasteiger partial charge is 0.332 e. The van der Waals surface area contributed by atoms with Crippen molar-refractivity contribution in [2.45, 2.75) is 0 Å². The van der Waals surface area contributed by atoms with Gasteiger partial charge in [-0.25, -0.2) is 14.6 Å². The van der Waals surface area contributed by atoms with Gasteiger partial charge in [0.1, 0.15) is 5.82 Å². The Morgan fingerprint density at radius 2 is 2.31 bits per heavy atom. The Morgan fingerprint density at radius 1 is 1.62 bits per heavy atom. The number of urea groups is 1. The molecule has 2 amide bonds. The van der Waals surface area contributed by atoms with Gasteiger partial charge in [0.2, 0.25) is 0 Å². The maximum atomic E-state index is 13.1. The minimum absolute atomic E-state index is 0.122. The molecule has 1 aromatic rings. The maximum Gasteiger partial charge on any atom is 0.332 e. The lowest BCUT2D eigenvalue weighted by atomic mass is 10.2. The van der Waals surface area contributed by atoms with E-state index in [0.29, 0.717) is 0 Å². The molecule has 3 N–H and O–H groups in total. The third kappa shape index (κ3) is 3.01. The molecule has 0 bridgehead atoms. The van der Waals surface area contributed by atoms with Crippen LogP contribution in [0.1, 0.15) is 5.56 Å². The van der Waals surface area contributed by atoms with E-state index < -0.39 is 16.8 Å². The zero-order valence-electron chi connectivity index (χ0n) is 7.88. The van der Waals surface area contributed by atoms with Crippen LogP contribution in [0.5, 0.6) is 0 Å². The molecule has 8 heteroatoms. The third-order valence-corrected chi connectivity index (χ3v) is 1.57. The van der Waals surface area contributed by atoms with E-state index in [-0.39, 0.29) is 11.3 Å². The number of amides is 2. The summed E-state index contributed by atoms with van der Waals surface area (Å²) in [7, 11) is 0. The Bertz CT molecular complexity index is 461. The van der Waals surface area contributed by atoms with E-state index in [1.54, 1.807) is 0 Å². The molecule has 0 heterocycles. The number of nitrogens with two attached hydrogens (primary N) is 1. The molecular formula is C8H7FN4O3. The van der Waals surface area contributed by atoms with E-state index in [9.17, 15) is 19.3 Å². The summed E-state index contributed by atoms with van der Waals surface area (Å²) in [5, 5.41) is 13.7. The first-order valence-electron chi connectivity index (χ1n) is 4.03. The number of hydrazone groups is 1. The second kappa shape index (κ2) is 4.82. The number of carbonyl (C=O) groups excluding carboxylic acids is 1. The molecule has 1 aromatic carbocycles. The van der Waals surface area contributed by atoms with Crippen LogP contribution in [0.2, 0.25) is 0 Å². The molecule has 0 aliphatic heterocycles. The highest BCUT2D eigenvalue weighted by Gasteiger charge is 2.08. The molecule has 84 valence electrons. The van der Waals surface area contributed by atoms with Crippen LogP contribution in [-0.4, -0.2) is 17.2 Å². The minimum atomic E-state index is -0.915. The Morgan fingerprint density at radius 3 is 2.88 bits per heavy atom. The fraction of sp³-hybridized carbons (Fsp3) is 0. The van der Waals surface area contributed by atoms with Gasteiger partial charge < -0.3 is 5.73 Å². The second-order valence-corrected chi connectivity index (χ2v) is 2.70. The fourth-order valence-electron chi connectivity index (χ4n) is 0.909. The van der Waals surface area contributed by atoms with Crippen molar-refractivity contribution in [3.63, 3.8) is 0 Å². The first kappa shape index (κ1) is 11.6. The second-order valence-electron chi connectivity index (χ2n) is 2.70. The van der Waals surface area contributed by atoms with Crippen LogP contribution in [0, 0.1) is 15.9 Å². The number of nitrogens with one attached hydrogen (secondary N) is 1. The highest BCUT2D eigenvalue weighted by Crippen LogP contribution is 2.14. The van der Waals surface area contributed by atoms with Gasteiger partial charge in [-0.05, 0) is 6.07 Å². The summed E-state index contributed by atoms with van der Waals surface area (Å²) in [4.78, 5) is 20.0. The van der Waals surface area contributed by atoms with Crippen molar-refractivity contribution in [1.82, 2.24) is 5.43 Å². The number of nitro groups is 1. The summed E-state index contributed by atoms with van der Waals surface area (Å²) in [6.07, 6.45) is 0.924. The minimum Gasteiger partial charge on any atom is -0.350 e. The van der Waals surface area contributed by atoms with E-state index in [0.717, 1.165) is 24.4 Å². The quantitative estimate of drug-likeness (QED) is 0.450. The largest absolute Gasteiger partial charge is 0.350 e. The Labute approximate surface area is 88.9 Å². The van der Waals surface area contributed by atoms with Crippen molar-refractivity contribution in [3.05, 3.63) is 39.7 Å². The SMILES string of the molecule is NC(=O)N/N=C/c1cc([N+](=O)[O-])ccc1F. The van der Waals surface area contributed by atoms with Gasteiger partial charge in [-0.1, -0.05) is 0 Å². The fourth-order valence-corrected chi connectivity index (χ4v) is 0.909. The molecule has 0 aromatic heterocycles. The number of halogens is 1. The van der Waals surface area contributed by atoms with Crippen molar-refractivity contribution in [2.24, 2.45) is 10.8 Å². The Hall–Kier alpha value is -2.51. The molecule has 0 saturated carbocycles. The summed E-state index contributed by atoms with van der Waals surface area (Å²) < 4.78 is 13.1. The van der Waals surface area contributed by atoms with Crippen LogP contribution in [0.3, 0.4) is 0 Å². The monoisotopic (exact) mass is 226 g/mol. The highest BCUT2D eigenvalue weighted by atomic mass is 19.1. The Balaban J connectivity index is 2.94. The van der Waals surface area contributed by atoms with Crippen molar-refractivity contribution >= 4 is 17.9 Å². The van der Waals surface area contributed by atoms with Crippen LogP contribution in [0.25, 0.3) is 0 Å². The summed E-state index contributed by atoms with van der Waals surface area (Å²) in [6, 6.07) is 2.03. The summed E-state index contributed by atoms with van der Waals surface area (Å²) in [5.74, 6) is -0.694. The molecule has 0 aliphatic rings. The lowest BCUT2D eigenvalue weighted by Crippen LogP contribution is -2.24. The van der Waals surface area contributed by atoms with Crippen LogP contribution in [0.4, 0.5) is 14.9 Å². The molecule has 7 nitrogen and oxygen atoms in total. The average Bonchev–Trinajstić information content (AvgIpc) is 2.20. The van der Waals surface area contributed by atoms with E-state index in [1.165, 1.54) is 0 Å². The van der Waals surface area contributed by atoms with E-state index in [2.05, 4.69) is 5.10 Å². The van der Waals surface area contributed by atoms with Gasteiger partial charge in [-0.3, -0.25) is 10.1 Å². The summed E-state index contributed by atoms with van der Waals surface area (Å²) in [6.45, 7) is 0. The molecular weight excluding hydrogens is 219 g/mol. The third-order valence-electron chi connectivity index (χ3n) is 1.57. The number of non-ortho nitro benzene ring substituents is 1. The standard InChI is InChI=1S/C8H7FN4O3/c9-7-2-1-6(13(15)16)3-5(7)4-11-12-8(10)14/h1-4H,(H3,10,12,14)/b11-4+. The molecule has 1 rings (SSSR count). The van der Waals surface area contributed by atoms with Crippen molar-refractivity contribution in [2.75, 3.05) is 0 Å². The van der Waals surface area contributed by atoms with E-state index in [1.807, 2.05) is 5.43 Å². The van der Waals surface area contributed by atoms with Crippen molar-refractivity contribution in [3.8, 4) is 0 Å². The van der Waals surface area contributed by atoms with Gasteiger partial charge in [0.05, 0.1) is 11.1 Å².